The molecule has 0 radical (unpaired) electrons. The Bertz CT molecular complexity index is 344. The van der Waals surface area contributed by atoms with Gasteiger partial charge < -0.3 is 9.84 Å². The van der Waals surface area contributed by atoms with Crippen molar-refractivity contribution in [1.82, 2.24) is 9.88 Å². The van der Waals surface area contributed by atoms with Gasteiger partial charge in [0, 0.05) is 18.8 Å². The van der Waals surface area contributed by atoms with Crippen LogP contribution in [0.15, 0.2) is 18.2 Å². The molecule has 0 aliphatic carbocycles. The average Bonchev–Trinajstić information content (AvgIpc) is 2.30. The maximum absolute atomic E-state index is 9.25. The van der Waals surface area contributed by atoms with Crippen molar-refractivity contribution >= 4 is 0 Å². The molecule has 0 saturated carbocycles. The lowest BCUT2D eigenvalue weighted by Gasteiger charge is -2.34. The molecule has 4 nitrogen and oxygen atoms in total. The smallest absolute Gasteiger partial charge is 0.0645 e. The van der Waals surface area contributed by atoms with Crippen LogP contribution in [0.1, 0.15) is 11.4 Å². The Balaban J connectivity index is 2.02. The van der Waals surface area contributed by atoms with E-state index >= 15 is 0 Å². The first-order chi connectivity index (χ1) is 7.79. The van der Waals surface area contributed by atoms with Crippen molar-refractivity contribution in [2.45, 2.75) is 19.5 Å². The minimum absolute atomic E-state index is 0.107. The standard InChI is InChI=1S/C12H18N2O2/c1-10-3-2-4-11(13-10)7-14-5-6-16-9-12(14)8-15/h2-4,12,15H,5-9H2,1H3. The zero-order chi connectivity index (χ0) is 11.4. The molecule has 0 spiro atoms. The molecule has 1 atom stereocenters. The molecule has 1 aliphatic rings. The van der Waals surface area contributed by atoms with Gasteiger partial charge in [-0.1, -0.05) is 6.07 Å². The van der Waals surface area contributed by atoms with Crippen molar-refractivity contribution in [2.24, 2.45) is 0 Å². The molecule has 0 amide bonds. The Morgan fingerprint density at radius 2 is 2.44 bits per heavy atom. The number of aromatic nitrogens is 1. The third-order valence-corrected chi connectivity index (χ3v) is 2.87. The van der Waals surface area contributed by atoms with Crippen LogP contribution in [0, 0.1) is 6.92 Å². The topological polar surface area (TPSA) is 45.6 Å². The number of ether oxygens (including phenoxy) is 1. The van der Waals surface area contributed by atoms with Gasteiger partial charge >= 0.3 is 0 Å². The number of hydrogen-bond acceptors (Lipinski definition) is 4. The molecule has 2 heterocycles. The summed E-state index contributed by atoms with van der Waals surface area (Å²) in [4.78, 5) is 6.70. The Kier molecular flexibility index (Phi) is 3.88. The summed E-state index contributed by atoms with van der Waals surface area (Å²) in [6, 6.07) is 6.14. The van der Waals surface area contributed by atoms with Gasteiger partial charge in [0.05, 0.1) is 31.6 Å². The molecular formula is C12H18N2O2. The van der Waals surface area contributed by atoms with Gasteiger partial charge in [0.2, 0.25) is 0 Å². The molecule has 1 aromatic rings. The Hall–Kier alpha value is -0.970. The normalized spacial score (nSPS) is 22.2. The number of morpholine rings is 1. The maximum atomic E-state index is 9.25. The zero-order valence-corrected chi connectivity index (χ0v) is 9.59. The summed E-state index contributed by atoms with van der Waals surface area (Å²) < 4.78 is 5.34. The van der Waals surface area contributed by atoms with Crippen LogP contribution in [0.4, 0.5) is 0 Å². The number of aliphatic hydroxyl groups excluding tert-OH is 1. The average molecular weight is 222 g/mol. The van der Waals surface area contributed by atoms with Crippen LogP contribution in [-0.2, 0) is 11.3 Å². The van der Waals surface area contributed by atoms with Crippen LogP contribution in [-0.4, -0.2) is 47.4 Å². The largest absolute Gasteiger partial charge is 0.395 e. The predicted molar refractivity (Wildman–Crippen MR) is 61.1 cm³/mol. The summed E-state index contributed by atoms with van der Waals surface area (Å²) in [5.74, 6) is 0. The molecule has 1 aromatic heterocycles. The number of nitrogens with zero attached hydrogens (tertiary/aromatic N) is 2. The number of rotatable bonds is 3. The lowest BCUT2D eigenvalue weighted by molar-refractivity contribution is -0.0317. The van der Waals surface area contributed by atoms with E-state index in [1.54, 1.807) is 0 Å². The van der Waals surface area contributed by atoms with E-state index < -0.39 is 0 Å². The lowest BCUT2D eigenvalue weighted by atomic mass is 10.2. The van der Waals surface area contributed by atoms with Gasteiger partial charge in [0.15, 0.2) is 0 Å². The Morgan fingerprint density at radius 1 is 1.56 bits per heavy atom. The second-order valence-corrected chi connectivity index (χ2v) is 4.15. The highest BCUT2D eigenvalue weighted by Crippen LogP contribution is 2.11. The SMILES string of the molecule is Cc1cccc(CN2CCOCC2CO)n1. The fourth-order valence-corrected chi connectivity index (χ4v) is 1.96. The van der Waals surface area contributed by atoms with Gasteiger partial charge in [-0.3, -0.25) is 9.88 Å². The molecule has 0 bridgehead atoms. The summed E-state index contributed by atoms with van der Waals surface area (Å²) in [5.41, 5.74) is 2.09. The van der Waals surface area contributed by atoms with Crippen LogP contribution >= 0.6 is 0 Å². The van der Waals surface area contributed by atoms with Crippen molar-refractivity contribution in [3.05, 3.63) is 29.6 Å². The van der Waals surface area contributed by atoms with Crippen molar-refractivity contribution in [2.75, 3.05) is 26.4 Å². The predicted octanol–water partition coefficient (Wildman–Crippen LogP) is 0.583. The summed E-state index contributed by atoms with van der Waals surface area (Å²) in [6.45, 7) is 5.14. The van der Waals surface area contributed by atoms with E-state index in [-0.39, 0.29) is 12.6 Å². The fourth-order valence-electron chi connectivity index (χ4n) is 1.96. The molecule has 4 heteroatoms. The minimum Gasteiger partial charge on any atom is -0.395 e. The zero-order valence-electron chi connectivity index (χ0n) is 9.59. The molecule has 1 aliphatic heterocycles. The summed E-state index contributed by atoms with van der Waals surface area (Å²) in [6.07, 6.45) is 0. The number of aryl methyl sites for hydroxylation is 1. The Labute approximate surface area is 95.9 Å². The highest BCUT2D eigenvalue weighted by atomic mass is 16.5. The van der Waals surface area contributed by atoms with Gasteiger partial charge in [-0.15, -0.1) is 0 Å². The van der Waals surface area contributed by atoms with Crippen LogP contribution in [0.3, 0.4) is 0 Å². The van der Waals surface area contributed by atoms with Crippen LogP contribution in [0.5, 0.6) is 0 Å². The minimum atomic E-state index is 0.107. The Morgan fingerprint density at radius 3 is 3.19 bits per heavy atom. The third kappa shape index (κ3) is 2.78. The summed E-state index contributed by atoms with van der Waals surface area (Å²) in [5, 5.41) is 9.25. The highest BCUT2D eigenvalue weighted by Gasteiger charge is 2.22. The molecular weight excluding hydrogens is 204 g/mol. The van der Waals surface area contributed by atoms with E-state index in [4.69, 9.17) is 4.74 Å². The summed E-state index contributed by atoms with van der Waals surface area (Å²) in [7, 11) is 0. The molecule has 1 N–H and O–H groups in total. The third-order valence-electron chi connectivity index (χ3n) is 2.87. The van der Waals surface area contributed by atoms with Gasteiger partial charge in [0.25, 0.3) is 0 Å². The number of aliphatic hydroxyl groups is 1. The van der Waals surface area contributed by atoms with Gasteiger partial charge in [0.1, 0.15) is 0 Å². The van der Waals surface area contributed by atoms with Gasteiger partial charge in [-0.25, -0.2) is 0 Å². The van der Waals surface area contributed by atoms with Crippen molar-refractivity contribution in [1.29, 1.82) is 0 Å². The second-order valence-electron chi connectivity index (χ2n) is 4.15. The molecule has 1 fully saturated rings. The highest BCUT2D eigenvalue weighted by molar-refractivity contribution is 5.10. The van der Waals surface area contributed by atoms with E-state index in [1.165, 1.54) is 0 Å². The molecule has 0 aromatic carbocycles. The monoisotopic (exact) mass is 222 g/mol. The van der Waals surface area contributed by atoms with E-state index in [1.807, 2.05) is 25.1 Å². The van der Waals surface area contributed by atoms with Gasteiger partial charge in [-0.05, 0) is 19.1 Å². The maximum Gasteiger partial charge on any atom is 0.0645 e. The lowest BCUT2D eigenvalue weighted by Crippen LogP contribution is -2.46. The molecule has 16 heavy (non-hydrogen) atoms. The number of pyridine rings is 1. The van der Waals surface area contributed by atoms with Crippen molar-refractivity contribution in [3.63, 3.8) is 0 Å². The first kappa shape index (κ1) is 11.5. The quantitative estimate of drug-likeness (QED) is 0.812. The van der Waals surface area contributed by atoms with Crippen LogP contribution in [0.2, 0.25) is 0 Å². The molecule has 1 unspecified atom stereocenters. The molecule has 1 saturated heterocycles. The van der Waals surface area contributed by atoms with E-state index in [2.05, 4.69) is 9.88 Å². The molecule has 88 valence electrons. The van der Waals surface area contributed by atoms with Crippen LogP contribution < -0.4 is 0 Å². The van der Waals surface area contributed by atoms with Crippen molar-refractivity contribution in [3.8, 4) is 0 Å². The fraction of sp³-hybridized carbons (Fsp3) is 0.583. The van der Waals surface area contributed by atoms with Crippen LogP contribution in [0.25, 0.3) is 0 Å². The first-order valence-corrected chi connectivity index (χ1v) is 5.65. The van der Waals surface area contributed by atoms with E-state index in [0.29, 0.717) is 6.61 Å². The first-order valence-electron chi connectivity index (χ1n) is 5.65. The van der Waals surface area contributed by atoms with E-state index in [9.17, 15) is 5.11 Å². The van der Waals surface area contributed by atoms with Crippen molar-refractivity contribution < 1.29 is 9.84 Å². The summed E-state index contributed by atoms with van der Waals surface area (Å²) >= 11 is 0. The van der Waals surface area contributed by atoms with Gasteiger partial charge in [-0.2, -0.15) is 0 Å². The van der Waals surface area contributed by atoms with E-state index in [0.717, 1.165) is 31.1 Å². The second kappa shape index (κ2) is 5.39. The molecule has 2 rings (SSSR count). The number of hydrogen-bond donors (Lipinski definition) is 1.